The third-order valence-corrected chi connectivity index (χ3v) is 15.7. The number of hydrogen-bond acceptors (Lipinski definition) is 1. The molecule has 6 aromatic carbocycles. The maximum atomic E-state index is 6.91. The van der Waals surface area contributed by atoms with E-state index in [0.29, 0.717) is 0 Å². The van der Waals surface area contributed by atoms with Crippen molar-refractivity contribution < 1.29 is 4.42 Å². The molecule has 5 aliphatic carbocycles. The maximum absolute atomic E-state index is 6.91. The molecule has 0 saturated carbocycles. The van der Waals surface area contributed by atoms with Crippen LogP contribution in [-0.4, -0.2) is 6.71 Å². The normalized spacial score (nSPS) is 20.6. The Morgan fingerprint density at radius 3 is 2.19 bits per heavy atom. The van der Waals surface area contributed by atoms with Crippen molar-refractivity contribution in [1.29, 1.82) is 0 Å². The zero-order valence-electron chi connectivity index (χ0n) is 37.4. The highest BCUT2D eigenvalue weighted by Gasteiger charge is 2.39. The lowest BCUT2D eigenvalue weighted by Gasteiger charge is -2.27. The molecule has 0 fully saturated rings. The van der Waals surface area contributed by atoms with Crippen LogP contribution < -0.4 is 21.6 Å². The molecule has 1 nitrogen and oxygen atoms in total. The van der Waals surface area contributed by atoms with Crippen LogP contribution >= 0.6 is 0 Å². The fourth-order valence-electron chi connectivity index (χ4n) is 12.4. The minimum Gasteiger partial charge on any atom is -0.456 e. The van der Waals surface area contributed by atoms with E-state index in [9.17, 15) is 0 Å². The van der Waals surface area contributed by atoms with Crippen LogP contribution in [0, 0.1) is 0 Å². The highest BCUT2D eigenvalue weighted by atomic mass is 16.3. The number of hydrogen-bond donors (Lipinski definition) is 0. The molecule has 1 heterocycles. The molecule has 0 spiro atoms. The molecule has 2 atom stereocenters. The van der Waals surface area contributed by atoms with E-state index < -0.39 is 0 Å². The summed E-state index contributed by atoms with van der Waals surface area (Å²) < 4.78 is 6.91. The summed E-state index contributed by atoms with van der Waals surface area (Å²) in [6.07, 6.45) is 19.7. The Balaban J connectivity index is 0.919. The quantitative estimate of drug-likeness (QED) is 0.158. The number of rotatable bonds is 5. The summed E-state index contributed by atoms with van der Waals surface area (Å²) in [7, 11) is 0. The van der Waals surface area contributed by atoms with E-state index in [1.54, 1.807) is 0 Å². The van der Waals surface area contributed by atoms with Crippen LogP contribution in [-0.2, 0) is 17.3 Å². The van der Waals surface area contributed by atoms with Crippen LogP contribution in [0.1, 0.15) is 105 Å². The van der Waals surface area contributed by atoms with Crippen molar-refractivity contribution in [1.82, 2.24) is 0 Å². The number of fused-ring (bicyclic) bond motifs is 10. The summed E-state index contributed by atoms with van der Waals surface area (Å²) in [6, 6.07) is 46.6. The first kappa shape index (κ1) is 38.3. The lowest BCUT2D eigenvalue weighted by Crippen LogP contribution is -2.46. The average molecular weight is 813 g/mol. The highest BCUT2D eigenvalue weighted by Crippen LogP contribution is 2.51. The van der Waals surface area contributed by atoms with Gasteiger partial charge < -0.3 is 4.42 Å². The van der Waals surface area contributed by atoms with Crippen LogP contribution in [0.5, 0.6) is 0 Å². The van der Waals surface area contributed by atoms with Gasteiger partial charge in [0.1, 0.15) is 11.0 Å². The van der Waals surface area contributed by atoms with Gasteiger partial charge in [-0.15, -0.1) is 0 Å². The number of allylic oxidation sites excluding steroid dienone is 8. The Labute approximate surface area is 372 Å². The Morgan fingerprint density at radius 1 is 0.619 bits per heavy atom. The molecule has 0 radical (unpaired) electrons. The standard InChI is InChI=1S/C61H53BO/c1-7-46-49-27-21-39(33-56(49)60(3,4)54(46)8-2)40-22-28-51-52-30-26-45(36-59(52)63-58(51)34-40)62(44-25-29-50-48-15-11-12-16-55(48)61(5,6)57(50)35-44)43-23-19-37(20-24-43)38-17-18-42-31-41-13-9-10-14-47(41)53(42)32-38/h7-21,23,25-30,32-36,40,43H,22,24,31H2,1-6H3/b46-7-,54-8+. The van der Waals surface area contributed by atoms with Gasteiger partial charge in [-0.25, -0.2) is 0 Å². The summed E-state index contributed by atoms with van der Waals surface area (Å²) in [5, 5.41) is 2.44. The Bertz CT molecular complexity index is 3360. The van der Waals surface area contributed by atoms with Crippen LogP contribution in [0.15, 0.2) is 162 Å². The Hall–Kier alpha value is -6.38. The third kappa shape index (κ3) is 5.76. The maximum Gasteiger partial charge on any atom is 0.216 e. The molecule has 0 aliphatic heterocycles. The van der Waals surface area contributed by atoms with Crippen LogP contribution in [0.25, 0.3) is 56.5 Å². The topological polar surface area (TPSA) is 13.1 Å². The summed E-state index contributed by atoms with van der Waals surface area (Å²) in [5.74, 6) is 0.552. The summed E-state index contributed by atoms with van der Waals surface area (Å²) in [5.41, 5.74) is 25.3. The average Bonchev–Trinajstić information content (AvgIpc) is 4.00. The van der Waals surface area contributed by atoms with E-state index in [0.717, 1.165) is 30.3 Å². The van der Waals surface area contributed by atoms with Gasteiger partial charge in [0.25, 0.3) is 0 Å². The molecule has 0 N–H and O–H groups in total. The molecule has 2 heteroatoms. The van der Waals surface area contributed by atoms with Crippen molar-refractivity contribution in [2.24, 2.45) is 0 Å². The molecule has 0 amide bonds. The van der Waals surface area contributed by atoms with Crippen LogP contribution in [0.2, 0.25) is 5.82 Å². The van der Waals surface area contributed by atoms with Gasteiger partial charge in [0.15, 0.2) is 0 Å². The molecule has 7 aromatic rings. The molecule has 63 heavy (non-hydrogen) atoms. The zero-order chi connectivity index (χ0) is 42.8. The minimum absolute atomic E-state index is 0.0182. The zero-order valence-corrected chi connectivity index (χ0v) is 37.4. The smallest absolute Gasteiger partial charge is 0.216 e. The molecule has 5 aliphatic rings. The highest BCUT2D eigenvalue weighted by molar-refractivity contribution is 6.87. The molecular weight excluding hydrogens is 759 g/mol. The van der Waals surface area contributed by atoms with Gasteiger partial charge in [0.2, 0.25) is 6.71 Å². The van der Waals surface area contributed by atoms with Gasteiger partial charge in [0, 0.05) is 27.4 Å². The van der Waals surface area contributed by atoms with Gasteiger partial charge in [-0.1, -0.05) is 184 Å². The lowest BCUT2D eigenvalue weighted by atomic mass is 9.32. The largest absolute Gasteiger partial charge is 0.456 e. The van der Waals surface area contributed by atoms with Crippen molar-refractivity contribution in [3.05, 3.63) is 212 Å². The molecular formula is C61H53BO. The number of furan rings is 1. The van der Waals surface area contributed by atoms with Crippen molar-refractivity contribution in [3.8, 4) is 22.3 Å². The minimum atomic E-state index is -0.0705. The molecule has 0 saturated heterocycles. The van der Waals surface area contributed by atoms with E-state index in [-0.39, 0.29) is 29.3 Å². The van der Waals surface area contributed by atoms with Gasteiger partial charge in [-0.2, -0.15) is 0 Å². The van der Waals surface area contributed by atoms with Gasteiger partial charge in [-0.05, 0) is 141 Å². The fraction of sp³-hybridized carbons (Fsp3) is 0.213. The SMILES string of the molecule is C/C=C1\C(=C/C)c2ccc(C3C=c4oc5cc(B(c6ccc7c(c6)C(C)(C)c6ccccc6-7)C6C=CC(c7ccc8c(c7)-c7ccccc7C8)=CC6)ccc5c4=CC3)cc2C1(C)C. The first-order valence-corrected chi connectivity index (χ1v) is 23.2. The van der Waals surface area contributed by atoms with E-state index in [4.69, 9.17) is 4.42 Å². The van der Waals surface area contributed by atoms with Gasteiger partial charge >= 0.3 is 0 Å². The first-order valence-electron chi connectivity index (χ1n) is 23.2. The van der Waals surface area contributed by atoms with E-state index >= 15 is 0 Å². The van der Waals surface area contributed by atoms with Gasteiger partial charge in [-0.3, -0.25) is 0 Å². The van der Waals surface area contributed by atoms with Crippen molar-refractivity contribution in [2.75, 3.05) is 0 Å². The second-order valence-corrected chi connectivity index (χ2v) is 19.8. The molecule has 1 aromatic heterocycles. The molecule has 0 bridgehead atoms. The summed E-state index contributed by atoms with van der Waals surface area (Å²) in [6.45, 7) is 14.0. The van der Waals surface area contributed by atoms with E-state index in [1.165, 1.54) is 105 Å². The van der Waals surface area contributed by atoms with E-state index in [1.807, 2.05) is 0 Å². The van der Waals surface area contributed by atoms with Crippen molar-refractivity contribution in [2.45, 2.75) is 83.4 Å². The molecule has 12 rings (SSSR count). The first-order chi connectivity index (χ1) is 30.6. The van der Waals surface area contributed by atoms with Crippen LogP contribution in [0.3, 0.4) is 0 Å². The summed E-state index contributed by atoms with van der Waals surface area (Å²) >= 11 is 0. The van der Waals surface area contributed by atoms with Gasteiger partial charge in [0.05, 0.1) is 0 Å². The lowest BCUT2D eigenvalue weighted by molar-refractivity contribution is 0.569. The third-order valence-electron chi connectivity index (χ3n) is 15.7. The second-order valence-electron chi connectivity index (χ2n) is 19.8. The number of benzene rings is 6. The Morgan fingerprint density at radius 2 is 1.37 bits per heavy atom. The second kappa shape index (κ2) is 14.1. The van der Waals surface area contributed by atoms with Crippen LogP contribution in [0.4, 0.5) is 0 Å². The molecule has 2 unspecified atom stereocenters. The monoisotopic (exact) mass is 812 g/mol. The van der Waals surface area contributed by atoms with E-state index in [2.05, 4.69) is 205 Å². The fourth-order valence-corrected chi connectivity index (χ4v) is 12.4. The predicted molar refractivity (Wildman–Crippen MR) is 268 cm³/mol. The van der Waals surface area contributed by atoms with Crippen molar-refractivity contribution >= 4 is 51.9 Å². The Kier molecular flexibility index (Phi) is 8.55. The summed E-state index contributed by atoms with van der Waals surface area (Å²) in [4.78, 5) is 0. The predicted octanol–water partition coefficient (Wildman–Crippen LogP) is 12.7. The van der Waals surface area contributed by atoms with Crippen molar-refractivity contribution in [3.63, 3.8) is 0 Å². The molecule has 306 valence electrons.